The highest BCUT2D eigenvalue weighted by Crippen LogP contribution is 2.29. The molecule has 0 saturated carbocycles. The van der Waals surface area contributed by atoms with Crippen molar-refractivity contribution < 1.29 is 24.4 Å². The second kappa shape index (κ2) is 11.1. The standard InChI is InChI=1S/C17H26N4O6/c1-4-20(5-2)9-8-18-14(17(23)24)11-16(22)19-13-7-6-12(21(25)26)10-15(13)27-3/h6-7,10,14,18H,4-5,8-9,11H2,1-3H3,(H,19,22)(H,23,24)/t14-/m0/s1. The minimum atomic E-state index is -1.12. The van der Waals surface area contributed by atoms with Crippen molar-refractivity contribution >= 4 is 23.3 Å². The fourth-order valence-corrected chi connectivity index (χ4v) is 2.47. The fraction of sp³-hybridized carbons (Fsp3) is 0.529. The number of carboxylic acid groups (broad SMARTS) is 1. The largest absolute Gasteiger partial charge is 0.494 e. The van der Waals surface area contributed by atoms with Gasteiger partial charge in [-0.15, -0.1) is 0 Å². The minimum absolute atomic E-state index is 0.124. The Hall–Kier alpha value is -2.72. The molecule has 0 radical (unpaired) electrons. The number of hydrogen-bond donors (Lipinski definition) is 3. The molecule has 1 aromatic rings. The molecule has 10 nitrogen and oxygen atoms in total. The van der Waals surface area contributed by atoms with Crippen molar-refractivity contribution in [3.8, 4) is 5.75 Å². The van der Waals surface area contributed by atoms with E-state index in [0.717, 1.165) is 13.1 Å². The molecule has 1 aromatic carbocycles. The van der Waals surface area contributed by atoms with Gasteiger partial charge in [0.25, 0.3) is 5.69 Å². The van der Waals surface area contributed by atoms with Crippen molar-refractivity contribution in [2.24, 2.45) is 0 Å². The van der Waals surface area contributed by atoms with Gasteiger partial charge in [0.05, 0.1) is 30.2 Å². The van der Waals surface area contributed by atoms with Crippen molar-refractivity contribution in [3.63, 3.8) is 0 Å². The highest BCUT2D eigenvalue weighted by molar-refractivity contribution is 5.95. The molecule has 1 atom stereocenters. The number of nitrogens with zero attached hydrogens (tertiary/aromatic N) is 2. The zero-order chi connectivity index (χ0) is 20.4. The van der Waals surface area contributed by atoms with Gasteiger partial charge in [-0.05, 0) is 19.2 Å². The van der Waals surface area contributed by atoms with Gasteiger partial charge in [0.1, 0.15) is 11.8 Å². The molecule has 0 aliphatic carbocycles. The van der Waals surface area contributed by atoms with Crippen LogP contribution in [0.3, 0.4) is 0 Å². The van der Waals surface area contributed by atoms with Crippen molar-refractivity contribution in [2.75, 3.05) is 38.6 Å². The lowest BCUT2D eigenvalue weighted by Gasteiger charge is -2.20. The molecule has 0 unspecified atom stereocenters. The summed E-state index contributed by atoms with van der Waals surface area (Å²) in [5.41, 5.74) is 0.0618. The second-order valence-electron chi connectivity index (χ2n) is 5.77. The number of ether oxygens (including phenoxy) is 1. The van der Waals surface area contributed by atoms with E-state index in [9.17, 15) is 24.8 Å². The first kappa shape index (κ1) is 22.3. The molecular formula is C17H26N4O6. The van der Waals surface area contributed by atoms with Gasteiger partial charge in [-0.3, -0.25) is 19.7 Å². The number of anilines is 1. The smallest absolute Gasteiger partial charge is 0.321 e. The summed E-state index contributed by atoms with van der Waals surface area (Å²) >= 11 is 0. The van der Waals surface area contributed by atoms with Gasteiger partial charge in [-0.25, -0.2) is 0 Å². The van der Waals surface area contributed by atoms with Gasteiger partial charge in [-0.1, -0.05) is 13.8 Å². The lowest BCUT2D eigenvalue weighted by atomic mass is 10.2. The summed E-state index contributed by atoms with van der Waals surface area (Å²) in [6, 6.07) is 2.73. The maximum absolute atomic E-state index is 12.2. The number of nitro groups is 1. The summed E-state index contributed by atoms with van der Waals surface area (Å²) in [7, 11) is 1.32. The Labute approximate surface area is 157 Å². The van der Waals surface area contributed by atoms with Crippen LogP contribution in [-0.4, -0.2) is 66.1 Å². The van der Waals surface area contributed by atoms with Gasteiger partial charge in [0.15, 0.2) is 0 Å². The zero-order valence-corrected chi connectivity index (χ0v) is 15.7. The van der Waals surface area contributed by atoms with Crippen LogP contribution < -0.4 is 15.4 Å². The molecule has 0 spiro atoms. The Bertz CT molecular complexity index is 663. The quantitative estimate of drug-likeness (QED) is 0.364. The fourth-order valence-electron chi connectivity index (χ4n) is 2.47. The van der Waals surface area contributed by atoms with E-state index in [1.54, 1.807) is 0 Å². The number of rotatable bonds is 12. The molecule has 0 fully saturated rings. The van der Waals surface area contributed by atoms with E-state index in [0.29, 0.717) is 13.1 Å². The lowest BCUT2D eigenvalue weighted by Crippen LogP contribution is -2.43. The molecule has 0 saturated heterocycles. The number of amides is 1. The summed E-state index contributed by atoms with van der Waals surface area (Å²) in [6.07, 6.45) is -0.284. The first-order chi connectivity index (χ1) is 12.8. The van der Waals surface area contributed by atoms with Crippen LogP contribution in [0.5, 0.6) is 5.75 Å². The SMILES string of the molecule is CCN(CC)CCN[C@@H](CC(=O)Nc1ccc([N+](=O)[O-])cc1OC)C(=O)O. The number of aliphatic carboxylic acids is 1. The molecule has 0 heterocycles. The zero-order valence-electron chi connectivity index (χ0n) is 15.7. The van der Waals surface area contributed by atoms with Crippen LogP contribution in [0.1, 0.15) is 20.3 Å². The van der Waals surface area contributed by atoms with E-state index >= 15 is 0 Å². The van der Waals surface area contributed by atoms with E-state index in [-0.39, 0.29) is 23.5 Å². The molecule has 10 heteroatoms. The number of nitrogens with one attached hydrogen (secondary N) is 2. The highest BCUT2D eigenvalue weighted by atomic mass is 16.6. The Morgan fingerprint density at radius 1 is 1.33 bits per heavy atom. The van der Waals surface area contributed by atoms with Crippen LogP contribution in [0, 0.1) is 10.1 Å². The van der Waals surface area contributed by atoms with Crippen molar-refractivity contribution in [2.45, 2.75) is 26.3 Å². The topological polar surface area (TPSA) is 134 Å². The van der Waals surface area contributed by atoms with Crippen LogP contribution >= 0.6 is 0 Å². The number of carboxylic acids is 1. The predicted octanol–water partition coefficient (Wildman–Crippen LogP) is 1.32. The number of nitro benzene ring substituents is 1. The van der Waals surface area contributed by atoms with Gasteiger partial charge < -0.3 is 25.4 Å². The summed E-state index contributed by atoms with van der Waals surface area (Å²) < 4.78 is 5.05. The number of hydrogen-bond acceptors (Lipinski definition) is 7. The second-order valence-corrected chi connectivity index (χ2v) is 5.77. The third-order valence-corrected chi connectivity index (χ3v) is 4.07. The Balaban J connectivity index is 2.69. The van der Waals surface area contributed by atoms with Crippen LogP contribution in [0.2, 0.25) is 0 Å². The molecule has 150 valence electrons. The molecule has 27 heavy (non-hydrogen) atoms. The van der Waals surface area contributed by atoms with Crippen LogP contribution in [0.25, 0.3) is 0 Å². The van der Waals surface area contributed by atoms with Crippen LogP contribution in [-0.2, 0) is 9.59 Å². The van der Waals surface area contributed by atoms with E-state index in [1.165, 1.54) is 25.3 Å². The van der Waals surface area contributed by atoms with Crippen molar-refractivity contribution in [3.05, 3.63) is 28.3 Å². The molecule has 1 amide bonds. The molecular weight excluding hydrogens is 356 g/mol. The molecule has 0 aliphatic rings. The maximum atomic E-state index is 12.2. The molecule has 1 rings (SSSR count). The monoisotopic (exact) mass is 382 g/mol. The summed E-state index contributed by atoms with van der Waals surface area (Å²) in [5, 5.41) is 25.5. The molecule has 0 aliphatic heterocycles. The van der Waals surface area contributed by atoms with Crippen LogP contribution in [0.4, 0.5) is 11.4 Å². The predicted molar refractivity (Wildman–Crippen MR) is 100 cm³/mol. The lowest BCUT2D eigenvalue weighted by molar-refractivity contribution is -0.384. The Morgan fingerprint density at radius 3 is 2.52 bits per heavy atom. The van der Waals surface area contributed by atoms with E-state index in [1.807, 2.05) is 13.8 Å². The average Bonchev–Trinajstić information content (AvgIpc) is 2.64. The van der Waals surface area contributed by atoms with Crippen molar-refractivity contribution in [1.82, 2.24) is 10.2 Å². The average molecular weight is 382 g/mol. The number of benzene rings is 1. The van der Waals surface area contributed by atoms with E-state index in [4.69, 9.17) is 4.74 Å². The van der Waals surface area contributed by atoms with Gasteiger partial charge in [0.2, 0.25) is 5.91 Å². The third-order valence-electron chi connectivity index (χ3n) is 4.07. The van der Waals surface area contributed by atoms with Crippen LogP contribution in [0.15, 0.2) is 18.2 Å². The third kappa shape index (κ3) is 7.19. The number of likely N-dealkylation sites (N-methyl/N-ethyl adjacent to an activating group) is 1. The molecule has 0 bridgehead atoms. The number of carbonyl (C=O) groups is 2. The number of methoxy groups -OCH3 is 1. The first-order valence-corrected chi connectivity index (χ1v) is 8.63. The van der Waals surface area contributed by atoms with E-state index < -0.39 is 22.8 Å². The summed E-state index contributed by atoms with van der Waals surface area (Å²) in [6.45, 7) is 6.86. The van der Waals surface area contributed by atoms with E-state index in [2.05, 4.69) is 15.5 Å². The normalized spacial score (nSPS) is 11.9. The minimum Gasteiger partial charge on any atom is -0.494 e. The summed E-state index contributed by atoms with van der Waals surface area (Å²) in [5.74, 6) is -1.54. The Morgan fingerprint density at radius 2 is 2.00 bits per heavy atom. The van der Waals surface area contributed by atoms with Gasteiger partial charge >= 0.3 is 5.97 Å². The van der Waals surface area contributed by atoms with Gasteiger partial charge in [0, 0.05) is 19.2 Å². The molecule has 0 aromatic heterocycles. The van der Waals surface area contributed by atoms with Gasteiger partial charge in [-0.2, -0.15) is 0 Å². The summed E-state index contributed by atoms with van der Waals surface area (Å²) in [4.78, 5) is 36.0. The first-order valence-electron chi connectivity index (χ1n) is 8.63. The number of non-ortho nitro benzene ring substituents is 1. The molecule has 3 N–H and O–H groups in total. The Kier molecular flexibility index (Phi) is 9.17. The number of carbonyl (C=O) groups excluding carboxylic acids is 1. The maximum Gasteiger partial charge on any atom is 0.321 e. The van der Waals surface area contributed by atoms with Crippen molar-refractivity contribution in [1.29, 1.82) is 0 Å². The highest BCUT2D eigenvalue weighted by Gasteiger charge is 2.22.